The van der Waals surface area contributed by atoms with Crippen molar-refractivity contribution in [1.82, 2.24) is 0 Å². The normalized spacial score (nSPS) is 17.9. The van der Waals surface area contributed by atoms with Gasteiger partial charge in [-0.3, -0.25) is 0 Å². The number of ether oxygens (including phenoxy) is 2. The highest BCUT2D eigenvalue weighted by molar-refractivity contribution is 7.90. The molecule has 4 rings (SSSR count). The van der Waals surface area contributed by atoms with Gasteiger partial charge in [0, 0.05) is 25.0 Å². The van der Waals surface area contributed by atoms with Gasteiger partial charge in [0.2, 0.25) is 0 Å². The molecule has 1 aliphatic heterocycles. The van der Waals surface area contributed by atoms with Crippen LogP contribution < -0.4 is 14.4 Å². The first-order valence-electron chi connectivity index (χ1n) is 11.4. The first kappa shape index (κ1) is 24.4. The van der Waals surface area contributed by atoms with E-state index in [0.717, 1.165) is 50.3 Å². The van der Waals surface area contributed by atoms with Gasteiger partial charge >= 0.3 is 0 Å². The van der Waals surface area contributed by atoms with Gasteiger partial charge in [0.05, 0.1) is 24.2 Å². The SMILES string of the molecule is COc1ccc(N2CCC(O)CC2)cc1.CS(=O)(=O)c1ccc(OC2CCCCC2)cc1. The number of aliphatic hydroxyl groups excluding tert-OH is 1. The smallest absolute Gasteiger partial charge is 0.175 e. The van der Waals surface area contributed by atoms with Crippen molar-refractivity contribution in [1.29, 1.82) is 0 Å². The van der Waals surface area contributed by atoms with Gasteiger partial charge in [0.1, 0.15) is 11.5 Å². The fraction of sp³-hybridized carbons (Fsp3) is 0.520. The Labute approximate surface area is 192 Å². The molecule has 0 unspecified atom stereocenters. The van der Waals surface area contributed by atoms with Crippen LogP contribution in [0.1, 0.15) is 44.9 Å². The maximum atomic E-state index is 11.3. The average Bonchev–Trinajstić information content (AvgIpc) is 2.81. The van der Waals surface area contributed by atoms with Gasteiger partial charge in [0.15, 0.2) is 9.84 Å². The van der Waals surface area contributed by atoms with E-state index in [1.54, 1.807) is 31.4 Å². The van der Waals surface area contributed by atoms with E-state index in [4.69, 9.17) is 9.47 Å². The Bertz CT molecular complexity index is 914. The lowest BCUT2D eigenvalue weighted by molar-refractivity contribution is 0.145. The fourth-order valence-corrected chi connectivity index (χ4v) is 4.69. The molecular weight excluding hydrogens is 426 g/mol. The summed E-state index contributed by atoms with van der Waals surface area (Å²) in [5.74, 6) is 1.65. The molecule has 2 fully saturated rings. The molecule has 2 aromatic rings. The van der Waals surface area contributed by atoms with E-state index < -0.39 is 9.84 Å². The molecule has 1 saturated carbocycles. The number of benzene rings is 2. The standard InChI is InChI=1S/C13H18O3S.C12H17NO2/c1-17(14,15)13-9-7-12(8-10-13)16-11-5-3-2-4-6-11;1-15-12-4-2-10(3-5-12)13-8-6-11(14)7-9-13/h7-11H,2-6H2,1H3;2-5,11,14H,6-9H2,1H3. The molecule has 0 atom stereocenters. The number of nitrogens with zero attached hydrogens (tertiary/aromatic N) is 1. The summed E-state index contributed by atoms with van der Waals surface area (Å²) in [6, 6.07) is 14.8. The minimum Gasteiger partial charge on any atom is -0.497 e. The highest BCUT2D eigenvalue weighted by atomic mass is 32.2. The first-order valence-corrected chi connectivity index (χ1v) is 13.3. The number of hydrogen-bond acceptors (Lipinski definition) is 6. The minimum absolute atomic E-state index is 0.112. The zero-order valence-corrected chi connectivity index (χ0v) is 19.9. The summed E-state index contributed by atoms with van der Waals surface area (Å²) < 4.78 is 33.5. The molecule has 7 heteroatoms. The van der Waals surface area contributed by atoms with Crippen LogP contribution in [0.5, 0.6) is 11.5 Å². The van der Waals surface area contributed by atoms with Crippen molar-refractivity contribution in [2.45, 2.75) is 62.0 Å². The molecule has 0 aromatic heterocycles. The zero-order chi connectivity index (χ0) is 23.0. The van der Waals surface area contributed by atoms with Crippen molar-refractivity contribution in [3.63, 3.8) is 0 Å². The third kappa shape index (κ3) is 7.41. The molecule has 1 saturated heterocycles. The molecule has 1 heterocycles. The summed E-state index contributed by atoms with van der Waals surface area (Å²) in [6.45, 7) is 1.88. The van der Waals surface area contributed by atoms with Crippen molar-refractivity contribution in [3.8, 4) is 11.5 Å². The van der Waals surface area contributed by atoms with Gasteiger partial charge < -0.3 is 19.5 Å². The molecule has 176 valence electrons. The summed E-state index contributed by atoms with van der Waals surface area (Å²) in [6.07, 6.45) is 9.10. The van der Waals surface area contributed by atoms with E-state index in [-0.39, 0.29) is 6.10 Å². The maximum Gasteiger partial charge on any atom is 0.175 e. The van der Waals surface area contributed by atoms with Gasteiger partial charge in [-0.15, -0.1) is 0 Å². The number of anilines is 1. The molecule has 2 aromatic carbocycles. The zero-order valence-electron chi connectivity index (χ0n) is 19.1. The fourth-order valence-electron chi connectivity index (χ4n) is 4.06. The largest absolute Gasteiger partial charge is 0.497 e. The topological polar surface area (TPSA) is 76.1 Å². The molecule has 0 radical (unpaired) electrons. The molecule has 1 N–H and O–H groups in total. The Morgan fingerprint density at radius 2 is 1.41 bits per heavy atom. The Morgan fingerprint density at radius 3 is 1.94 bits per heavy atom. The maximum absolute atomic E-state index is 11.3. The van der Waals surface area contributed by atoms with Crippen molar-refractivity contribution in [3.05, 3.63) is 48.5 Å². The predicted octanol–water partition coefficient (Wildman–Crippen LogP) is 4.46. The van der Waals surface area contributed by atoms with Gasteiger partial charge in [-0.25, -0.2) is 8.42 Å². The van der Waals surface area contributed by atoms with Gasteiger partial charge in [-0.05, 0) is 87.1 Å². The molecule has 32 heavy (non-hydrogen) atoms. The molecule has 0 amide bonds. The van der Waals surface area contributed by atoms with Gasteiger partial charge in [-0.1, -0.05) is 6.42 Å². The van der Waals surface area contributed by atoms with Crippen molar-refractivity contribution in [2.24, 2.45) is 0 Å². The van der Waals surface area contributed by atoms with E-state index >= 15 is 0 Å². The van der Waals surface area contributed by atoms with Crippen LogP contribution in [0.15, 0.2) is 53.4 Å². The summed E-state index contributed by atoms with van der Waals surface area (Å²) in [5, 5.41) is 9.41. The van der Waals surface area contributed by atoms with E-state index in [2.05, 4.69) is 17.0 Å². The van der Waals surface area contributed by atoms with Crippen LogP contribution in [0.3, 0.4) is 0 Å². The van der Waals surface area contributed by atoms with Crippen LogP contribution in [0.25, 0.3) is 0 Å². The van der Waals surface area contributed by atoms with Crippen molar-refractivity contribution in [2.75, 3.05) is 31.4 Å². The first-order chi connectivity index (χ1) is 15.3. The second-order valence-electron chi connectivity index (χ2n) is 8.54. The van der Waals surface area contributed by atoms with Crippen LogP contribution in [0, 0.1) is 0 Å². The number of piperidine rings is 1. The number of aliphatic hydroxyl groups is 1. The molecular formula is C25H35NO5S. The van der Waals surface area contributed by atoms with E-state index in [0.29, 0.717) is 11.0 Å². The predicted molar refractivity (Wildman–Crippen MR) is 128 cm³/mol. The Balaban J connectivity index is 0.000000182. The van der Waals surface area contributed by atoms with E-state index in [1.807, 2.05) is 12.1 Å². The van der Waals surface area contributed by atoms with Crippen LogP contribution in [-0.4, -0.2) is 52.2 Å². The Morgan fingerprint density at radius 1 is 0.844 bits per heavy atom. The van der Waals surface area contributed by atoms with E-state index in [1.165, 1.54) is 31.2 Å². The van der Waals surface area contributed by atoms with Crippen LogP contribution in [-0.2, 0) is 9.84 Å². The van der Waals surface area contributed by atoms with Crippen molar-refractivity contribution >= 4 is 15.5 Å². The summed E-state index contributed by atoms with van der Waals surface area (Å²) in [5.41, 5.74) is 1.21. The highest BCUT2D eigenvalue weighted by Crippen LogP contribution is 2.24. The van der Waals surface area contributed by atoms with Crippen molar-refractivity contribution < 1.29 is 23.0 Å². The van der Waals surface area contributed by atoms with Gasteiger partial charge in [-0.2, -0.15) is 0 Å². The molecule has 0 spiro atoms. The molecule has 1 aliphatic carbocycles. The average molecular weight is 462 g/mol. The lowest BCUT2D eigenvalue weighted by Crippen LogP contribution is -2.35. The molecule has 6 nitrogen and oxygen atoms in total. The quantitative estimate of drug-likeness (QED) is 0.709. The second-order valence-corrected chi connectivity index (χ2v) is 10.6. The Kier molecular flexibility index (Phi) is 8.82. The van der Waals surface area contributed by atoms with Crippen LogP contribution in [0.4, 0.5) is 5.69 Å². The monoisotopic (exact) mass is 461 g/mol. The summed E-state index contributed by atoms with van der Waals surface area (Å²) in [4.78, 5) is 2.64. The Hall–Kier alpha value is -2.25. The third-order valence-electron chi connectivity index (χ3n) is 6.01. The van der Waals surface area contributed by atoms with E-state index in [9.17, 15) is 13.5 Å². The highest BCUT2D eigenvalue weighted by Gasteiger charge is 2.17. The lowest BCUT2D eigenvalue weighted by atomic mass is 9.98. The summed E-state index contributed by atoms with van der Waals surface area (Å²) >= 11 is 0. The summed E-state index contributed by atoms with van der Waals surface area (Å²) in [7, 11) is -1.44. The van der Waals surface area contributed by atoms with Crippen LogP contribution >= 0.6 is 0 Å². The minimum atomic E-state index is -3.11. The molecule has 0 bridgehead atoms. The third-order valence-corrected chi connectivity index (χ3v) is 7.14. The lowest BCUT2D eigenvalue weighted by Gasteiger charge is -2.31. The number of methoxy groups -OCH3 is 1. The van der Waals surface area contributed by atoms with Gasteiger partial charge in [0.25, 0.3) is 0 Å². The number of sulfone groups is 1. The number of rotatable bonds is 5. The second kappa shape index (κ2) is 11.6. The van der Waals surface area contributed by atoms with Crippen LogP contribution in [0.2, 0.25) is 0 Å². The number of hydrogen-bond donors (Lipinski definition) is 1. The molecule has 2 aliphatic rings.